The molecule has 86 valence electrons. The normalized spacial score (nSPS) is 16.1. The first-order valence-corrected chi connectivity index (χ1v) is 5.11. The van der Waals surface area contributed by atoms with Crippen LogP contribution in [0.15, 0.2) is 18.2 Å². The topological polar surface area (TPSA) is 78.6 Å². The molecular weight excluding hydrogens is 210 g/mol. The molecule has 0 aromatic heterocycles. The number of anilines is 1. The van der Waals surface area contributed by atoms with Gasteiger partial charge in [-0.1, -0.05) is 0 Å². The van der Waals surface area contributed by atoms with Crippen LogP contribution in [0.4, 0.5) is 11.4 Å². The minimum atomic E-state index is -0.453. The van der Waals surface area contributed by atoms with Gasteiger partial charge in [-0.15, -0.1) is 0 Å². The van der Waals surface area contributed by atoms with Gasteiger partial charge in [-0.05, 0) is 6.07 Å². The number of phenols is 1. The van der Waals surface area contributed by atoms with Crippen LogP contribution in [0.3, 0.4) is 0 Å². The van der Waals surface area contributed by atoms with Gasteiger partial charge in [-0.3, -0.25) is 10.1 Å². The van der Waals surface area contributed by atoms with Gasteiger partial charge in [0.05, 0.1) is 10.6 Å². The van der Waals surface area contributed by atoms with Crippen LogP contribution in [0.1, 0.15) is 0 Å². The average molecular weight is 223 g/mol. The molecule has 6 heteroatoms. The Labute approximate surface area is 92.6 Å². The number of aromatic hydroxyl groups is 1. The number of nitrogens with one attached hydrogen (secondary N) is 1. The zero-order valence-corrected chi connectivity index (χ0v) is 8.72. The second-order valence-corrected chi connectivity index (χ2v) is 3.67. The first kappa shape index (κ1) is 10.7. The standard InChI is InChI=1S/C10H13N3O3/c14-10-2-1-8(13(15)16)7-9(10)12-5-3-11-4-6-12/h1-2,7,11,14H,3-6H2. The first-order valence-electron chi connectivity index (χ1n) is 5.11. The van der Waals surface area contributed by atoms with Gasteiger partial charge in [-0.2, -0.15) is 0 Å². The van der Waals surface area contributed by atoms with Crippen molar-refractivity contribution in [2.24, 2.45) is 0 Å². The van der Waals surface area contributed by atoms with Crippen LogP contribution in [0, 0.1) is 10.1 Å². The number of piperazine rings is 1. The third kappa shape index (κ3) is 2.06. The lowest BCUT2D eigenvalue weighted by atomic mass is 10.2. The van der Waals surface area contributed by atoms with E-state index >= 15 is 0 Å². The Morgan fingerprint density at radius 2 is 2.06 bits per heavy atom. The van der Waals surface area contributed by atoms with Gasteiger partial charge in [0.2, 0.25) is 0 Å². The quantitative estimate of drug-likeness (QED) is 0.570. The molecule has 16 heavy (non-hydrogen) atoms. The van der Waals surface area contributed by atoms with E-state index in [4.69, 9.17) is 0 Å². The molecule has 0 atom stereocenters. The molecule has 0 saturated carbocycles. The summed E-state index contributed by atoms with van der Waals surface area (Å²) in [7, 11) is 0. The molecule has 1 fully saturated rings. The molecule has 1 saturated heterocycles. The summed E-state index contributed by atoms with van der Waals surface area (Å²) in [4.78, 5) is 12.1. The van der Waals surface area contributed by atoms with Gasteiger partial charge in [0.1, 0.15) is 5.75 Å². The molecule has 2 rings (SSSR count). The minimum absolute atomic E-state index is 0.00586. The summed E-state index contributed by atoms with van der Waals surface area (Å²) in [6.45, 7) is 3.13. The van der Waals surface area contributed by atoms with Crippen molar-refractivity contribution in [3.05, 3.63) is 28.3 Å². The Balaban J connectivity index is 2.30. The van der Waals surface area contributed by atoms with Crippen molar-refractivity contribution in [1.82, 2.24) is 5.32 Å². The van der Waals surface area contributed by atoms with Crippen LogP contribution in [0.5, 0.6) is 5.75 Å². The molecule has 0 amide bonds. The van der Waals surface area contributed by atoms with E-state index in [0.29, 0.717) is 5.69 Å². The van der Waals surface area contributed by atoms with Crippen LogP contribution >= 0.6 is 0 Å². The molecule has 1 aliphatic rings. The van der Waals surface area contributed by atoms with Crippen LogP contribution in [-0.4, -0.2) is 36.2 Å². The molecule has 0 bridgehead atoms. The fraction of sp³-hybridized carbons (Fsp3) is 0.400. The van der Waals surface area contributed by atoms with E-state index in [9.17, 15) is 15.2 Å². The molecule has 0 spiro atoms. The summed E-state index contributed by atoms with van der Waals surface area (Å²) in [5, 5.41) is 23.5. The summed E-state index contributed by atoms with van der Waals surface area (Å²) >= 11 is 0. The summed E-state index contributed by atoms with van der Waals surface area (Å²) in [5.41, 5.74) is 0.544. The SMILES string of the molecule is O=[N+]([O-])c1ccc(O)c(N2CCNCC2)c1. The number of nitro groups is 1. The highest BCUT2D eigenvalue weighted by Gasteiger charge is 2.17. The molecule has 1 aliphatic heterocycles. The van der Waals surface area contributed by atoms with Crippen LogP contribution in [0.2, 0.25) is 0 Å². The van der Waals surface area contributed by atoms with E-state index in [2.05, 4.69) is 5.32 Å². The van der Waals surface area contributed by atoms with E-state index in [1.54, 1.807) is 0 Å². The van der Waals surface area contributed by atoms with Crippen LogP contribution < -0.4 is 10.2 Å². The van der Waals surface area contributed by atoms with Crippen molar-refractivity contribution in [1.29, 1.82) is 0 Å². The molecule has 0 aliphatic carbocycles. The van der Waals surface area contributed by atoms with Crippen LogP contribution in [-0.2, 0) is 0 Å². The second-order valence-electron chi connectivity index (χ2n) is 3.67. The molecule has 1 aromatic rings. The Hall–Kier alpha value is -1.82. The maximum atomic E-state index is 10.6. The molecule has 1 heterocycles. The van der Waals surface area contributed by atoms with E-state index in [-0.39, 0.29) is 11.4 Å². The number of benzene rings is 1. The van der Waals surface area contributed by atoms with E-state index in [1.165, 1.54) is 18.2 Å². The number of nitrogens with zero attached hydrogens (tertiary/aromatic N) is 2. The highest BCUT2D eigenvalue weighted by Crippen LogP contribution is 2.31. The Kier molecular flexibility index (Phi) is 2.91. The number of hydrogen-bond acceptors (Lipinski definition) is 5. The zero-order chi connectivity index (χ0) is 11.5. The minimum Gasteiger partial charge on any atom is -0.506 e. The Bertz CT molecular complexity index is 402. The number of non-ortho nitro benzene ring substituents is 1. The smallest absolute Gasteiger partial charge is 0.271 e. The fourth-order valence-electron chi connectivity index (χ4n) is 1.78. The average Bonchev–Trinajstić information content (AvgIpc) is 2.30. The van der Waals surface area contributed by atoms with Gasteiger partial charge in [-0.25, -0.2) is 0 Å². The number of nitro benzene ring substituents is 1. The third-order valence-corrected chi connectivity index (χ3v) is 2.63. The molecule has 2 N–H and O–H groups in total. The van der Waals surface area contributed by atoms with E-state index < -0.39 is 4.92 Å². The first-order chi connectivity index (χ1) is 7.68. The van der Waals surface area contributed by atoms with Crippen molar-refractivity contribution in [3.63, 3.8) is 0 Å². The van der Waals surface area contributed by atoms with E-state index in [0.717, 1.165) is 26.2 Å². The lowest BCUT2D eigenvalue weighted by Crippen LogP contribution is -2.43. The maximum Gasteiger partial charge on any atom is 0.271 e. The maximum absolute atomic E-state index is 10.6. The second kappa shape index (κ2) is 4.36. The van der Waals surface area contributed by atoms with Gasteiger partial charge in [0.25, 0.3) is 5.69 Å². The van der Waals surface area contributed by atoms with Crippen molar-refractivity contribution in [2.75, 3.05) is 31.1 Å². The van der Waals surface area contributed by atoms with Gasteiger partial charge >= 0.3 is 0 Å². The zero-order valence-electron chi connectivity index (χ0n) is 8.72. The molecule has 0 radical (unpaired) electrons. The largest absolute Gasteiger partial charge is 0.506 e. The highest BCUT2D eigenvalue weighted by molar-refractivity contribution is 5.62. The van der Waals surface area contributed by atoms with Crippen molar-refractivity contribution < 1.29 is 10.0 Å². The summed E-state index contributed by atoms with van der Waals surface area (Å²) in [5.74, 6) is 0.0903. The summed E-state index contributed by atoms with van der Waals surface area (Å²) in [6, 6.07) is 4.09. The third-order valence-electron chi connectivity index (χ3n) is 2.63. The summed E-state index contributed by atoms with van der Waals surface area (Å²) in [6.07, 6.45) is 0. The van der Waals surface area contributed by atoms with Gasteiger partial charge in [0.15, 0.2) is 0 Å². The van der Waals surface area contributed by atoms with Gasteiger partial charge in [0, 0.05) is 38.3 Å². The van der Waals surface area contributed by atoms with Crippen molar-refractivity contribution in [2.45, 2.75) is 0 Å². The Morgan fingerprint density at radius 3 is 2.69 bits per heavy atom. The lowest BCUT2D eigenvalue weighted by Gasteiger charge is -2.29. The van der Waals surface area contributed by atoms with E-state index in [1.807, 2.05) is 4.90 Å². The van der Waals surface area contributed by atoms with Crippen molar-refractivity contribution >= 4 is 11.4 Å². The molecule has 0 unspecified atom stereocenters. The lowest BCUT2D eigenvalue weighted by molar-refractivity contribution is -0.384. The monoisotopic (exact) mass is 223 g/mol. The Morgan fingerprint density at radius 1 is 1.38 bits per heavy atom. The highest BCUT2D eigenvalue weighted by atomic mass is 16.6. The summed E-state index contributed by atoms with van der Waals surface area (Å²) < 4.78 is 0. The molecule has 6 nitrogen and oxygen atoms in total. The number of phenolic OH excluding ortho intramolecular Hbond substituents is 1. The van der Waals surface area contributed by atoms with Gasteiger partial charge < -0.3 is 15.3 Å². The van der Waals surface area contributed by atoms with Crippen molar-refractivity contribution in [3.8, 4) is 5.75 Å². The molecular formula is C10H13N3O3. The number of hydrogen-bond donors (Lipinski definition) is 2. The number of rotatable bonds is 2. The molecule has 1 aromatic carbocycles. The fourth-order valence-corrected chi connectivity index (χ4v) is 1.78. The predicted molar refractivity (Wildman–Crippen MR) is 59.8 cm³/mol. The predicted octanol–water partition coefficient (Wildman–Crippen LogP) is 0.710. The van der Waals surface area contributed by atoms with Crippen LogP contribution in [0.25, 0.3) is 0 Å².